The van der Waals surface area contributed by atoms with E-state index >= 15 is 0 Å². The molecule has 3 heterocycles. The van der Waals surface area contributed by atoms with Crippen molar-refractivity contribution < 1.29 is 17.9 Å². The molecule has 3 aromatic heterocycles. The van der Waals surface area contributed by atoms with Crippen LogP contribution in [0.25, 0.3) is 40.1 Å². The van der Waals surface area contributed by atoms with Crippen LogP contribution < -0.4 is 19.6 Å². The second kappa shape index (κ2) is 13.9. The molecule has 0 fully saturated rings. The molecule has 0 aliphatic heterocycles. The summed E-state index contributed by atoms with van der Waals surface area (Å²) >= 11 is 1.21. The van der Waals surface area contributed by atoms with E-state index in [1.165, 1.54) is 20.2 Å². The van der Waals surface area contributed by atoms with Crippen molar-refractivity contribution in [2.24, 2.45) is 0 Å². The van der Waals surface area contributed by atoms with Gasteiger partial charge in [-0.25, -0.2) is 13.1 Å². The Balaban J connectivity index is 1.38. The summed E-state index contributed by atoms with van der Waals surface area (Å²) < 4.78 is 42.5. The molecule has 0 aliphatic carbocycles. The van der Waals surface area contributed by atoms with Gasteiger partial charge in [-0.05, 0) is 61.0 Å². The molecule has 0 N–H and O–H groups in total. The van der Waals surface area contributed by atoms with Crippen LogP contribution in [0.5, 0.6) is 11.5 Å². The summed E-state index contributed by atoms with van der Waals surface area (Å²) in [4.78, 5) is 18.7. The quantitative estimate of drug-likeness (QED) is 0.174. The maximum atomic E-state index is 13.5. The number of rotatable bonds is 12. The molecule has 3 aromatic carbocycles. The van der Waals surface area contributed by atoms with E-state index in [4.69, 9.17) is 14.6 Å². The summed E-state index contributed by atoms with van der Waals surface area (Å²) in [7, 11) is -2.11. The third-order valence-electron chi connectivity index (χ3n) is 7.61. The summed E-state index contributed by atoms with van der Waals surface area (Å²) in [6.45, 7) is 6.78. The molecule has 0 amide bonds. The molecule has 0 saturated carbocycles. The molecule has 0 saturated heterocycles. The Morgan fingerprint density at radius 2 is 1.71 bits per heavy atom. The van der Waals surface area contributed by atoms with Gasteiger partial charge in [-0.2, -0.15) is 18.9 Å². The van der Waals surface area contributed by atoms with E-state index in [-0.39, 0.29) is 10.5 Å². The first kappa shape index (κ1) is 32.8. The molecule has 11 nitrogen and oxygen atoms in total. The summed E-state index contributed by atoms with van der Waals surface area (Å²) in [5, 5.41) is 9.27. The Kier molecular flexibility index (Phi) is 9.53. The van der Waals surface area contributed by atoms with E-state index < -0.39 is 10.0 Å². The van der Waals surface area contributed by atoms with Gasteiger partial charge in [0.05, 0.1) is 28.8 Å². The predicted octanol–water partition coefficient (Wildman–Crippen LogP) is 5.16. The minimum Gasteiger partial charge on any atom is -0.493 e. The van der Waals surface area contributed by atoms with Crippen molar-refractivity contribution in [3.8, 4) is 28.4 Å². The lowest BCUT2D eigenvalue weighted by atomic mass is 10.1. The smallest absolute Gasteiger partial charge is 0.291 e. The van der Waals surface area contributed by atoms with Crippen LogP contribution in [-0.4, -0.2) is 63.9 Å². The van der Waals surface area contributed by atoms with Crippen LogP contribution in [-0.2, 0) is 10.0 Å². The van der Waals surface area contributed by atoms with Gasteiger partial charge >= 0.3 is 0 Å². The molecular formula is C35H34N6O5S2. The van der Waals surface area contributed by atoms with Gasteiger partial charge in [0, 0.05) is 30.4 Å². The molecule has 246 valence electrons. The van der Waals surface area contributed by atoms with E-state index in [1.807, 2.05) is 87.6 Å². The first-order valence-corrected chi connectivity index (χ1v) is 17.7. The zero-order chi connectivity index (χ0) is 33.8. The number of methoxy groups -OCH3 is 1. The number of ether oxygens (including phenoxy) is 2. The molecule has 0 unspecified atom stereocenters. The van der Waals surface area contributed by atoms with E-state index in [0.717, 1.165) is 11.3 Å². The standard InChI is InChI=1S/C35H34N6O5S2/c1-5-39(6-2)48(43,44)28-15-11-12-25(21-28)33-26(23-40(38-33)27-13-9-8-10-14-27)22-31-34(42)41-35(47-31)36-32(37-41)19-17-24-16-18-29(46-7-3)30(20-24)45-4/h8-23H,5-7H2,1-4H3/b19-17+,31-22-. The molecule has 0 radical (unpaired) electrons. The molecule has 0 spiro atoms. The van der Waals surface area contributed by atoms with Crippen molar-refractivity contribution in [3.05, 3.63) is 111 Å². The van der Waals surface area contributed by atoms with E-state index in [0.29, 0.717) is 63.3 Å². The van der Waals surface area contributed by atoms with Crippen molar-refractivity contribution in [1.82, 2.24) is 28.7 Å². The summed E-state index contributed by atoms with van der Waals surface area (Å²) in [6, 6.07) is 21.9. The third-order valence-corrected chi connectivity index (χ3v) is 10.6. The van der Waals surface area contributed by atoms with E-state index in [9.17, 15) is 13.2 Å². The van der Waals surface area contributed by atoms with Crippen molar-refractivity contribution >= 4 is 44.5 Å². The number of benzene rings is 3. The average Bonchev–Trinajstić information content (AvgIpc) is 3.79. The van der Waals surface area contributed by atoms with Gasteiger partial charge in [-0.15, -0.1) is 5.10 Å². The number of hydrogen-bond donors (Lipinski definition) is 0. The first-order chi connectivity index (χ1) is 23.2. The monoisotopic (exact) mass is 682 g/mol. The van der Waals surface area contributed by atoms with Gasteiger partial charge in [0.2, 0.25) is 15.0 Å². The summed E-state index contributed by atoms with van der Waals surface area (Å²) in [5.74, 6) is 1.67. The molecule has 0 aliphatic rings. The third kappa shape index (κ3) is 6.52. The number of sulfonamides is 1. The second-order valence-corrected chi connectivity index (χ2v) is 13.5. The highest BCUT2D eigenvalue weighted by Gasteiger charge is 2.23. The number of thiazole rings is 1. The van der Waals surface area contributed by atoms with Crippen LogP contribution in [0.15, 0.2) is 88.7 Å². The van der Waals surface area contributed by atoms with E-state index in [1.54, 1.807) is 42.1 Å². The minimum absolute atomic E-state index is 0.177. The van der Waals surface area contributed by atoms with Gasteiger partial charge < -0.3 is 9.47 Å². The van der Waals surface area contributed by atoms with Crippen molar-refractivity contribution in [2.75, 3.05) is 26.8 Å². The number of para-hydroxylation sites is 1. The van der Waals surface area contributed by atoms with Crippen molar-refractivity contribution in [1.29, 1.82) is 0 Å². The van der Waals surface area contributed by atoms with Crippen LogP contribution in [0, 0.1) is 0 Å². The fourth-order valence-corrected chi connectivity index (χ4v) is 7.65. The fraction of sp³-hybridized carbons (Fsp3) is 0.200. The Hall–Kier alpha value is -5.11. The predicted molar refractivity (Wildman–Crippen MR) is 188 cm³/mol. The maximum absolute atomic E-state index is 13.5. The van der Waals surface area contributed by atoms with Gasteiger partial charge in [-0.1, -0.05) is 67.7 Å². The Labute approximate surface area is 282 Å². The largest absolute Gasteiger partial charge is 0.493 e. The summed E-state index contributed by atoms with van der Waals surface area (Å²) in [5.41, 5.74) is 3.14. The van der Waals surface area contributed by atoms with Crippen LogP contribution in [0.1, 0.15) is 37.7 Å². The SMILES string of the molecule is CCOc1ccc(/C=C/c2nc3s/c(=C\c4cn(-c5ccccc5)nc4-c4cccc(S(=O)(=O)N(CC)CC)c4)c(=O)n3n2)cc1OC. The zero-order valence-corrected chi connectivity index (χ0v) is 28.5. The van der Waals surface area contributed by atoms with Gasteiger partial charge in [0.1, 0.15) is 5.69 Å². The number of hydrogen-bond acceptors (Lipinski definition) is 9. The molecule has 6 rings (SSSR count). The lowest BCUT2D eigenvalue weighted by molar-refractivity contribution is 0.311. The summed E-state index contributed by atoms with van der Waals surface area (Å²) in [6.07, 6.45) is 7.15. The first-order valence-electron chi connectivity index (χ1n) is 15.4. The second-order valence-electron chi connectivity index (χ2n) is 10.6. The Morgan fingerprint density at radius 1 is 0.917 bits per heavy atom. The number of nitrogens with zero attached hydrogens (tertiary/aromatic N) is 6. The Bertz CT molecular complexity index is 2320. The topological polar surface area (TPSA) is 121 Å². The van der Waals surface area contributed by atoms with Crippen molar-refractivity contribution in [2.45, 2.75) is 25.7 Å². The lowest BCUT2D eigenvalue weighted by Crippen LogP contribution is -2.30. The zero-order valence-electron chi connectivity index (χ0n) is 26.9. The normalized spacial score (nSPS) is 12.5. The Morgan fingerprint density at radius 3 is 2.42 bits per heavy atom. The van der Waals surface area contributed by atoms with Gasteiger partial charge in [0.25, 0.3) is 5.56 Å². The van der Waals surface area contributed by atoms with Crippen LogP contribution in [0.4, 0.5) is 0 Å². The highest BCUT2D eigenvalue weighted by atomic mass is 32.2. The lowest BCUT2D eigenvalue weighted by Gasteiger charge is -2.18. The van der Waals surface area contributed by atoms with Crippen LogP contribution in [0.3, 0.4) is 0 Å². The average molecular weight is 683 g/mol. The van der Waals surface area contributed by atoms with E-state index in [2.05, 4.69) is 10.1 Å². The maximum Gasteiger partial charge on any atom is 0.291 e. The number of fused-ring (bicyclic) bond motifs is 1. The fourth-order valence-electron chi connectivity index (χ4n) is 5.24. The van der Waals surface area contributed by atoms with Gasteiger partial charge in [-0.3, -0.25) is 4.79 Å². The van der Waals surface area contributed by atoms with Crippen LogP contribution >= 0.6 is 11.3 Å². The highest BCUT2D eigenvalue weighted by Crippen LogP contribution is 2.29. The molecule has 48 heavy (non-hydrogen) atoms. The van der Waals surface area contributed by atoms with Crippen LogP contribution in [0.2, 0.25) is 0 Å². The number of aromatic nitrogens is 5. The molecular weight excluding hydrogens is 649 g/mol. The molecule has 0 bridgehead atoms. The van der Waals surface area contributed by atoms with Crippen molar-refractivity contribution in [3.63, 3.8) is 0 Å². The van der Waals surface area contributed by atoms with Gasteiger partial charge in [0.15, 0.2) is 17.3 Å². The minimum atomic E-state index is -3.70. The molecule has 6 aromatic rings. The molecule has 13 heteroatoms. The highest BCUT2D eigenvalue weighted by molar-refractivity contribution is 7.89. The molecule has 0 atom stereocenters.